The number of nitrogens with zero attached hydrogens (tertiary/aromatic N) is 2. The first-order chi connectivity index (χ1) is 8.51. The van der Waals surface area contributed by atoms with E-state index in [2.05, 4.69) is 10.4 Å². The predicted octanol–water partition coefficient (Wildman–Crippen LogP) is 1.68. The molecule has 2 rings (SSSR count). The summed E-state index contributed by atoms with van der Waals surface area (Å²) in [6.45, 7) is 1.96. The number of carbonyl (C=O) groups is 1. The van der Waals surface area contributed by atoms with E-state index in [9.17, 15) is 4.79 Å². The van der Waals surface area contributed by atoms with Crippen LogP contribution in [0.15, 0.2) is 12.4 Å². The Hall–Kier alpha value is -1.07. The Morgan fingerprint density at radius 1 is 1.47 bits per heavy atom. The summed E-state index contributed by atoms with van der Waals surface area (Å²) in [4.78, 5) is 12.2. The molecule has 1 fully saturated rings. The van der Waals surface area contributed by atoms with Gasteiger partial charge in [0.1, 0.15) is 0 Å². The van der Waals surface area contributed by atoms with Crippen molar-refractivity contribution < 1.29 is 4.79 Å². The molecule has 108 valence electrons. The molecule has 0 aliphatic heterocycles. The van der Waals surface area contributed by atoms with E-state index in [4.69, 9.17) is 5.73 Å². The molecular formula is C13H23ClN4O. The van der Waals surface area contributed by atoms with Gasteiger partial charge in [0.25, 0.3) is 0 Å². The van der Waals surface area contributed by atoms with Crippen LogP contribution in [0.3, 0.4) is 0 Å². The Kier molecular flexibility index (Phi) is 5.38. The molecule has 3 N–H and O–H groups in total. The largest absolute Gasteiger partial charge is 0.348 e. The van der Waals surface area contributed by atoms with Crippen LogP contribution in [0.1, 0.15) is 50.6 Å². The summed E-state index contributed by atoms with van der Waals surface area (Å²) in [5.74, 6) is -0.0291. The topological polar surface area (TPSA) is 72.9 Å². The number of hydrogen-bond acceptors (Lipinski definition) is 3. The minimum absolute atomic E-state index is 0. The van der Waals surface area contributed by atoms with E-state index in [1.807, 2.05) is 20.2 Å². The van der Waals surface area contributed by atoms with E-state index in [1.165, 1.54) is 6.42 Å². The van der Waals surface area contributed by atoms with Crippen LogP contribution in [0, 0.1) is 0 Å². The molecule has 5 nitrogen and oxygen atoms in total. The van der Waals surface area contributed by atoms with Gasteiger partial charge in [-0.2, -0.15) is 5.10 Å². The number of aryl methyl sites for hydroxylation is 1. The molecule has 1 atom stereocenters. The zero-order chi connectivity index (χ0) is 13.2. The van der Waals surface area contributed by atoms with Gasteiger partial charge >= 0.3 is 0 Å². The number of hydrogen-bond donors (Lipinski definition) is 2. The fourth-order valence-electron chi connectivity index (χ4n) is 2.50. The molecule has 0 saturated heterocycles. The Morgan fingerprint density at radius 2 is 2.11 bits per heavy atom. The van der Waals surface area contributed by atoms with Gasteiger partial charge in [0.05, 0.1) is 17.8 Å². The van der Waals surface area contributed by atoms with E-state index < -0.39 is 5.54 Å². The van der Waals surface area contributed by atoms with Crippen molar-refractivity contribution >= 4 is 18.3 Å². The van der Waals surface area contributed by atoms with Crippen LogP contribution in [0.4, 0.5) is 0 Å². The van der Waals surface area contributed by atoms with E-state index in [-0.39, 0.29) is 24.4 Å². The minimum Gasteiger partial charge on any atom is -0.348 e. The van der Waals surface area contributed by atoms with Gasteiger partial charge in [0.2, 0.25) is 5.91 Å². The van der Waals surface area contributed by atoms with Gasteiger partial charge in [0.15, 0.2) is 0 Å². The van der Waals surface area contributed by atoms with Gasteiger partial charge < -0.3 is 11.1 Å². The Morgan fingerprint density at radius 3 is 2.63 bits per heavy atom. The molecule has 0 aromatic carbocycles. The van der Waals surface area contributed by atoms with Crippen LogP contribution in [-0.4, -0.2) is 21.2 Å². The Balaban J connectivity index is 0.00000180. The van der Waals surface area contributed by atoms with Crippen molar-refractivity contribution in [2.24, 2.45) is 12.8 Å². The molecular weight excluding hydrogens is 264 g/mol. The highest BCUT2D eigenvalue weighted by molar-refractivity contribution is 5.86. The average molecular weight is 287 g/mol. The van der Waals surface area contributed by atoms with Crippen molar-refractivity contribution in [3.05, 3.63) is 18.0 Å². The SMILES string of the molecule is CC(NC(=O)C1(N)CCCCC1)c1cnn(C)c1.Cl. The number of amides is 1. The van der Waals surface area contributed by atoms with Gasteiger partial charge in [0, 0.05) is 18.8 Å². The first kappa shape index (κ1) is 16.0. The van der Waals surface area contributed by atoms with Gasteiger partial charge in [-0.1, -0.05) is 19.3 Å². The molecule has 1 heterocycles. The Bertz CT molecular complexity index is 426. The van der Waals surface area contributed by atoms with Crippen molar-refractivity contribution in [3.63, 3.8) is 0 Å². The highest BCUT2D eigenvalue weighted by Crippen LogP contribution is 2.26. The van der Waals surface area contributed by atoms with Crippen LogP contribution >= 0.6 is 12.4 Å². The molecule has 19 heavy (non-hydrogen) atoms. The highest BCUT2D eigenvalue weighted by atomic mass is 35.5. The summed E-state index contributed by atoms with van der Waals surface area (Å²) >= 11 is 0. The maximum atomic E-state index is 12.2. The van der Waals surface area contributed by atoms with Crippen molar-refractivity contribution in [3.8, 4) is 0 Å². The minimum atomic E-state index is -0.672. The van der Waals surface area contributed by atoms with E-state index in [0.29, 0.717) is 0 Å². The number of carbonyl (C=O) groups excluding carboxylic acids is 1. The second-order valence-corrected chi connectivity index (χ2v) is 5.36. The standard InChI is InChI=1S/C13H22N4O.ClH/c1-10(11-8-15-17(2)9-11)16-12(18)13(14)6-4-3-5-7-13;/h8-10H,3-7,14H2,1-2H3,(H,16,18);1H. The first-order valence-electron chi connectivity index (χ1n) is 6.60. The molecule has 1 unspecified atom stereocenters. The molecule has 1 aromatic heterocycles. The summed E-state index contributed by atoms with van der Waals surface area (Å²) < 4.78 is 1.73. The highest BCUT2D eigenvalue weighted by Gasteiger charge is 2.35. The maximum Gasteiger partial charge on any atom is 0.240 e. The van der Waals surface area contributed by atoms with Crippen molar-refractivity contribution in [2.45, 2.75) is 50.6 Å². The molecule has 0 spiro atoms. The Labute approximate surface area is 120 Å². The second-order valence-electron chi connectivity index (χ2n) is 5.36. The van der Waals surface area contributed by atoms with E-state index in [1.54, 1.807) is 10.9 Å². The lowest BCUT2D eigenvalue weighted by molar-refractivity contribution is -0.128. The molecule has 6 heteroatoms. The molecule has 1 aliphatic rings. The van der Waals surface area contributed by atoms with Crippen molar-refractivity contribution in [1.29, 1.82) is 0 Å². The number of nitrogens with two attached hydrogens (primary N) is 1. The number of rotatable bonds is 3. The molecule has 1 saturated carbocycles. The van der Waals surface area contributed by atoms with E-state index in [0.717, 1.165) is 31.2 Å². The van der Waals surface area contributed by atoms with Crippen LogP contribution in [0.2, 0.25) is 0 Å². The van der Waals surface area contributed by atoms with Crippen LogP contribution in [0.5, 0.6) is 0 Å². The summed E-state index contributed by atoms with van der Waals surface area (Å²) in [6.07, 6.45) is 8.54. The molecule has 1 amide bonds. The third-order valence-corrected chi connectivity index (χ3v) is 3.77. The van der Waals surface area contributed by atoms with Crippen LogP contribution in [-0.2, 0) is 11.8 Å². The summed E-state index contributed by atoms with van der Waals surface area (Å²) in [5, 5.41) is 7.11. The second kappa shape index (κ2) is 6.39. The first-order valence-corrected chi connectivity index (χ1v) is 6.60. The van der Waals surface area contributed by atoms with Crippen LogP contribution in [0.25, 0.3) is 0 Å². The number of nitrogens with one attached hydrogen (secondary N) is 1. The molecule has 0 radical (unpaired) electrons. The zero-order valence-electron chi connectivity index (χ0n) is 11.6. The number of halogens is 1. The lowest BCUT2D eigenvalue weighted by Gasteiger charge is -2.32. The maximum absolute atomic E-state index is 12.2. The fraction of sp³-hybridized carbons (Fsp3) is 0.692. The average Bonchev–Trinajstić information content (AvgIpc) is 2.77. The fourth-order valence-corrected chi connectivity index (χ4v) is 2.50. The summed E-state index contributed by atoms with van der Waals surface area (Å²) in [6, 6.07) is -0.0476. The third kappa shape index (κ3) is 3.70. The van der Waals surface area contributed by atoms with Gasteiger partial charge in [-0.15, -0.1) is 12.4 Å². The number of aromatic nitrogens is 2. The molecule has 0 bridgehead atoms. The van der Waals surface area contributed by atoms with Gasteiger partial charge in [-0.25, -0.2) is 0 Å². The summed E-state index contributed by atoms with van der Waals surface area (Å²) in [7, 11) is 1.86. The lowest BCUT2D eigenvalue weighted by atomic mass is 9.81. The summed E-state index contributed by atoms with van der Waals surface area (Å²) in [5.41, 5.74) is 6.53. The quantitative estimate of drug-likeness (QED) is 0.888. The lowest BCUT2D eigenvalue weighted by Crippen LogP contribution is -2.55. The van der Waals surface area contributed by atoms with Crippen LogP contribution < -0.4 is 11.1 Å². The normalized spacial score (nSPS) is 19.3. The van der Waals surface area contributed by atoms with Crippen molar-refractivity contribution in [1.82, 2.24) is 15.1 Å². The van der Waals surface area contributed by atoms with Gasteiger partial charge in [-0.05, 0) is 19.8 Å². The van der Waals surface area contributed by atoms with Crippen molar-refractivity contribution in [2.75, 3.05) is 0 Å². The smallest absolute Gasteiger partial charge is 0.240 e. The molecule has 1 aromatic rings. The molecule has 1 aliphatic carbocycles. The third-order valence-electron chi connectivity index (χ3n) is 3.77. The van der Waals surface area contributed by atoms with E-state index >= 15 is 0 Å². The van der Waals surface area contributed by atoms with Gasteiger partial charge in [-0.3, -0.25) is 9.48 Å². The monoisotopic (exact) mass is 286 g/mol. The predicted molar refractivity (Wildman–Crippen MR) is 77.0 cm³/mol. The zero-order valence-corrected chi connectivity index (χ0v) is 12.4.